The van der Waals surface area contributed by atoms with Crippen molar-refractivity contribution in [3.05, 3.63) is 40.1 Å². The smallest absolute Gasteiger partial charge is 0.250 e. The Labute approximate surface area is 205 Å². The molecule has 7 heteroatoms. The maximum Gasteiger partial charge on any atom is 0.250 e. The molecule has 0 amide bonds. The van der Waals surface area contributed by atoms with Crippen molar-refractivity contribution in [3.63, 3.8) is 0 Å². The SMILES string of the molecule is CC(C)(C)[Si](C)(C)Oc1ccc(-n2nc3c(c2Br)CC(O[Si](C)(C)C(C)(C)C)CC3)cc1. The highest BCUT2D eigenvalue weighted by Gasteiger charge is 2.41. The van der Waals surface area contributed by atoms with Crippen LogP contribution in [0.1, 0.15) is 59.2 Å². The zero-order valence-electron chi connectivity index (χ0n) is 21.6. The van der Waals surface area contributed by atoms with E-state index in [2.05, 4.69) is 108 Å². The molecule has 0 spiro atoms. The maximum absolute atomic E-state index is 6.73. The molecule has 1 aromatic carbocycles. The Morgan fingerprint density at radius 1 is 0.938 bits per heavy atom. The molecule has 0 saturated heterocycles. The number of aryl methyl sites for hydroxylation is 1. The van der Waals surface area contributed by atoms with Crippen molar-refractivity contribution in [2.75, 3.05) is 0 Å². The summed E-state index contributed by atoms with van der Waals surface area (Å²) in [5.41, 5.74) is 3.53. The lowest BCUT2D eigenvalue weighted by Gasteiger charge is -2.40. The molecule has 0 radical (unpaired) electrons. The Morgan fingerprint density at radius 2 is 1.50 bits per heavy atom. The van der Waals surface area contributed by atoms with Crippen LogP contribution in [0.2, 0.25) is 36.3 Å². The Balaban J connectivity index is 1.78. The standard InChI is InChI=1S/C25H41BrN2O2Si2/c1-24(2,3)31(7,8)29-19-13-11-18(12-14-19)28-23(26)21-17-20(15-16-22(21)27-28)30-32(9,10)25(4,5)6/h11-14,20H,15-17H2,1-10H3. The fourth-order valence-corrected chi connectivity index (χ4v) is 6.56. The van der Waals surface area contributed by atoms with Crippen molar-refractivity contribution in [2.24, 2.45) is 0 Å². The second-order valence-electron chi connectivity index (χ2n) is 12.2. The quantitative estimate of drug-likeness (QED) is 0.364. The lowest BCUT2D eigenvalue weighted by Crippen LogP contribution is -2.45. The van der Waals surface area contributed by atoms with Gasteiger partial charge in [0.05, 0.1) is 11.4 Å². The molecule has 0 aliphatic heterocycles. The van der Waals surface area contributed by atoms with Crippen molar-refractivity contribution < 1.29 is 8.85 Å². The van der Waals surface area contributed by atoms with E-state index < -0.39 is 16.6 Å². The molecule has 1 heterocycles. The lowest BCUT2D eigenvalue weighted by atomic mass is 9.96. The van der Waals surface area contributed by atoms with Gasteiger partial charge < -0.3 is 8.85 Å². The highest BCUT2D eigenvalue weighted by Crippen LogP contribution is 2.40. The van der Waals surface area contributed by atoms with Crippen LogP contribution < -0.4 is 4.43 Å². The van der Waals surface area contributed by atoms with Crippen LogP contribution >= 0.6 is 15.9 Å². The maximum atomic E-state index is 6.73. The van der Waals surface area contributed by atoms with Gasteiger partial charge in [0, 0.05) is 18.1 Å². The van der Waals surface area contributed by atoms with Gasteiger partial charge in [-0.05, 0) is 89.3 Å². The van der Waals surface area contributed by atoms with E-state index in [0.29, 0.717) is 0 Å². The van der Waals surface area contributed by atoms with Gasteiger partial charge in [-0.2, -0.15) is 5.10 Å². The van der Waals surface area contributed by atoms with Crippen molar-refractivity contribution in [1.29, 1.82) is 0 Å². The Hall–Kier alpha value is -0.896. The zero-order chi connectivity index (χ0) is 24.1. The van der Waals surface area contributed by atoms with Gasteiger partial charge in [-0.1, -0.05) is 41.5 Å². The average molecular weight is 538 g/mol. The third kappa shape index (κ3) is 5.26. The van der Waals surface area contributed by atoms with Crippen LogP contribution in [0.15, 0.2) is 28.9 Å². The summed E-state index contributed by atoms with van der Waals surface area (Å²) < 4.78 is 16.2. The molecule has 0 saturated carbocycles. The Morgan fingerprint density at radius 3 is 2.03 bits per heavy atom. The lowest BCUT2D eigenvalue weighted by molar-refractivity contribution is 0.164. The van der Waals surface area contributed by atoms with Gasteiger partial charge in [-0.15, -0.1) is 0 Å². The van der Waals surface area contributed by atoms with Crippen LogP contribution in [-0.2, 0) is 17.3 Å². The molecule has 0 bridgehead atoms. The molecule has 1 atom stereocenters. The molecule has 1 aliphatic carbocycles. The van der Waals surface area contributed by atoms with Crippen LogP contribution in [0.3, 0.4) is 0 Å². The van der Waals surface area contributed by atoms with E-state index in [1.807, 2.05) is 4.68 Å². The van der Waals surface area contributed by atoms with Gasteiger partial charge in [-0.25, -0.2) is 4.68 Å². The summed E-state index contributed by atoms with van der Waals surface area (Å²) in [5, 5.41) is 5.34. The van der Waals surface area contributed by atoms with Crippen molar-refractivity contribution in [2.45, 2.75) is 103 Å². The summed E-state index contributed by atoms with van der Waals surface area (Å²) in [6, 6.07) is 8.36. The topological polar surface area (TPSA) is 36.3 Å². The molecule has 4 nitrogen and oxygen atoms in total. The minimum Gasteiger partial charge on any atom is -0.544 e. The van der Waals surface area contributed by atoms with Gasteiger partial charge >= 0.3 is 0 Å². The molecule has 0 fully saturated rings. The van der Waals surface area contributed by atoms with Crippen molar-refractivity contribution in [3.8, 4) is 11.4 Å². The highest BCUT2D eigenvalue weighted by molar-refractivity contribution is 9.10. The molecule has 3 rings (SSSR count). The molecular formula is C25H41BrN2O2Si2. The predicted molar refractivity (Wildman–Crippen MR) is 143 cm³/mol. The molecule has 0 N–H and O–H groups in total. The summed E-state index contributed by atoms with van der Waals surface area (Å²) in [6.45, 7) is 23.0. The molecular weight excluding hydrogens is 496 g/mol. The van der Waals surface area contributed by atoms with Crippen molar-refractivity contribution >= 4 is 32.6 Å². The van der Waals surface area contributed by atoms with Crippen LogP contribution in [0.25, 0.3) is 5.69 Å². The molecule has 2 aromatic rings. The summed E-state index contributed by atoms with van der Waals surface area (Å²) in [4.78, 5) is 0. The first kappa shape index (κ1) is 25.7. The van der Waals surface area contributed by atoms with E-state index in [1.54, 1.807) is 0 Å². The first-order valence-electron chi connectivity index (χ1n) is 11.8. The third-order valence-corrected chi connectivity index (χ3v) is 17.4. The molecule has 178 valence electrons. The van der Waals surface area contributed by atoms with E-state index in [4.69, 9.17) is 14.0 Å². The summed E-state index contributed by atoms with van der Waals surface area (Å²) in [7, 11) is -3.63. The monoisotopic (exact) mass is 536 g/mol. The Kier molecular flexibility index (Phi) is 7.00. The highest BCUT2D eigenvalue weighted by atomic mass is 79.9. The fraction of sp³-hybridized carbons (Fsp3) is 0.640. The normalized spacial score (nSPS) is 17.9. The number of hydrogen-bond donors (Lipinski definition) is 0. The number of halogens is 1. The molecule has 32 heavy (non-hydrogen) atoms. The second-order valence-corrected chi connectivity index (χ2v) is 22.5. The summed E-state index contributed by atoms with van der Waals surface area (Å²) in [6.07, 6.45) is 3.21. The first-order chi connectivity index (χ1) is 14.5. The van der Waals surface area contributed by atoms with Crippen LogP contribution in [0, 0.1) is 0 Å². The molecule has 1 unspecified atom stereocenters. The number of benzene rings is 1. The van der Waals surface area contributed by atoms with E-state index in [-0.39, 0.29) is 16.2 Å². The average Bonchev–Trinajstić information content (AvgIpc) is 2.96. The Bertz CT molecular complexity index is 954. The van der Waals surface area contributed by atoms with Gasteiger partial charge in [0.1, 0.15) is 10.4 Å². The second kappa shape index (κ2) is 8.71. The van der Waals surface area contributed by atoms with Crippen molar-refractivity contribution in [1.82, 2.24) is 9.78 Å². The van der Waals surface area contributed by atoms with E-state index >= 15 is 0 Å². The van der Waals surface area contributed by atoms with Gasteiger partial charge in [-0.3, -0.25) is 0 Å². The molecule has 1 aliphatic rings. The number of rotatable bonds is 5. The predicted octanol–water partition coefficient (Wildman–Crippen LogP) is 7.90. The fourth-order valence-electron chi connectivity index (χ4n) is 3.47. The number of nitrogens with zero attached hydrogens (tertiary/aromatic N) is 2. The van der Waals surface area contributed by atoms with Gasteiger partial charge in [0.25, 0.3) is 0 Å². The van der Waals surface area contributed by atoms with Crippen LogP contribution in [0.5, 0.6) is 5.75 Å². The van der Waals surface area contributed by atoms with Crippen LogP contribution in [-0.4, -0.2) is 32.5 Å². The summed E-state index contributed by atoms with van der Waals surface area (Å²) in [5.74, 6) is 0.941. The minimum atomic E-state index is -1.84. The van der Waals surface area contributed by atoms with E-state index in [0.717, 1.165) is 35.3 Å². The number of fused-ring (bicyclic) bond motifs is 1. The van der Waals surface area contributed by atoms with Gasteiger partial charge in [0.2, 0.25) is 8.32 Å². The minimum absolute atomic E-state index is 0.179. The zero-order valence-corrected chi connectivity index (χ0v) is 25.2. The van der Waals surface area contributed by atoms with Gasteiger partial charge in [0.15, 0.2) is 8.32 Å². The first-order valence-corrected chi connectivity index (χ1v) is 18.4. The van der Waals surface area contributed by atoms with E-state index in [1.165, 1.54) is 11.3 Å². The third-order valence-electron chi connectivity index (χ3n) is 7.67. The summed E-state index contributed by atoms with van der Waals surface area (Å²) >= 11 is 3.85. The number of hydrogen-bond acceptors (Lipinski definition) is 3. The largest absolute Gasteiger partial charge is 0.544 e. The van der Waals surface area contributed by atoms with E-state index in [9.17, 15) is 0 Å². The molecule has 1 aromatic heterocycles. The number of aromatic nitrogens is 2. The van der Waals surface area contributed by atoms with Crippen LogP contribution in [0.4, 0.5) is 0 Å².